The highest BCUT2D eigenvalue weighted by Gasteiger charge is 2.22. The maximum Gasteiger partial charge on any atom is 0.321 e. The number of urea groups is 1. The van der Waals surface area contributed by atoms with Crippen LogP contribution in [0.15, 0.2) is 30.3 Å². The number of hydrogen-bond acceptors (Lipinski definition) is 6. The molecule has 8 heteroatoms. The molecule has 3 rings (SSSR count). The molecule has 1 fully saturated rings. The lowest BCUT2D eigenvalue weighted by Crippen LogP contribution is -2.50. The second-order valence-electron chi connectivity index (χ2n) is 6.18. The monoisotopic (exact) mass is 371 g/mol. The van der Waals surface area contributed by atoms with Crippen LogP contribution in [0.3, 0.4) is 0 Å². The first-order chi connectivity index (χ1) is 13.1. The summed E-state index contributed by atoms with van der Waals surface area (Å²) in [7, 11) is 1.60. The van der Waals surface area contributed by atoms with Gasteiger partial charge in [-0.15, -0.1) is 0 Å². The molecule has 1 N–H and O–H groups in total. The molecule has 0 atom stereocenters. The van der Waals surface area contributed by atoms with Crippen LogP contribution in [0.2, 0.25) is 0 Å². The molecule has 0 unspecified atom stereocenters. The van der Waals surface area contributed by atoms with Crippen LogP contribution in [-0.2, 0) is 0 Å². The van der Waals surface area contributed by atoms with E-state index in [1.165, 1.54) is 0 Å². The molecule has 0 aliphatic carbocycles. The minimum Gasteiger partial charge on any atom is -0.497 e. The fraction of sp³-hybridized carbons (Fsp3) is 0.421. The number of rotatable bonds is 5. The van der Waals surface area contributed by atoms with Crippen molar-refractivity contribution in [1.82, 2.24) is 14.9 Å². The number of piperazine rings is 1. The zero-order valence-electron chi connectivity index (χ0n) is 15.9. The fourth-order valence-corrected chi connectivity index (χ4v) is 2.95. The Kier molecular flexibility index (Phi) is 5.95. The maximum atomic E-state index is 12.5. The molecule has 27 heavy (non-hydrogen) atoms. The molecule has 2 aromatic rings. The average molecular weight is 371 g/mol. The SMILES string of the molecule is CCOc1cc(N2CCN(C(=O)Nc3cccc(OC)c3)CC2)nc(C)n1. The number of carbonyl (C=O) groups is 1. The Hall–Kier alpha value is -3.03. The predicted octanol–water partition coefficient (Wildman–Crippen LogP) is 2.55. The number of amides is 2. The van der Waals surface area contributed by atoms with Crippen molar-refractivity contribution in [3.05, 3.63) is 36.2 Å². The van der Waals surface area contributed by atoms with Gasteiger partial charge in [0.25, 0.3) is 0 Å². The molecule has 1 aromatic carbocycles. The Bertz CT molecular complexity index is 791. The quantitative estimate of drug-likeness (QED) is 0.870. The minimum absolute atomic E-state index is 0.114. The molecule has 144 valence electrons. The van der Waals surface area contributed by atoms with Gasteiger partial charge in [0.15, 0.2) is 0 Å². The molecule has 0 spiro atoms. The van der Waals surface area contributed by atoms with E-state index in [0.29, 0.717) is 50.2 Å². The van der Waals surface area contributed by atoms with Gasteiger partial charge >= 0.3 is 6.03 Å². The van der Waals surface area contributed by atoms with Gasteiger partial charge in [-0.25, -0.2) is 9.78 Å². The second kappa shape index (κ2) is 8.57. The highest BCUT2D eigenvalue weighted by molar-refractivity contribution is 5.89. The Morgan fingerprint density at radius 1 is 1.19 bits per heavy atom. The molecular formula is C19H25N5O3. The van der Waals surface area contributed by atoms with E-state index >= 15 is 0 Å². The van der Waals surface area contributed by atoms with Gasteiger partial charge in [-0.05, 0) is 26.0 Å². The molecule has 2 heterocycles. The van der Waals surface area contributed by atoms with E-state index in [0.717, 1.165) is 11.5 Å². The van der Waals surface area contributed by atoms with Crippen molar-refractivity contribution in [2.45, 2.75) is 13.8 Å². The standard InChI is InChI=1S/C19H25N5O3/c1-4-27-18-13-17(20-14(2)21-18)23-8-10-24(11-9-23)19(25)22-15-6-5-7-16(12-15)26-3/h5-7,12-13H,4,8-11H2,1-3H3,(H,22,25). The molecule has 1 aliphatic rings. The summed E-state index contributed by atoms with van der Waals surface area (Å²) in [5.74, 6) is 2.80. The number of nitrogens with one attached hydrogen (secondary N) is 1. The number of benzene rings is 1. The molecule has 0 radical (unpaired) electrons. The fourth-order valence-electron chi connectivity index (χ4n) is 2.95. The third-order valence-corrected chi connectivity index (χ3v) is 4.31. The van der Waals surface area contributed by atoms with Crippen LogP contribution in [0, 0.1) is 6.92 Å². The van der Waals surface area contributed by atoms with Crippen molar-refractivity contribution >= 4 is 17.5 Å². The summed E-state index contributed by atoms with van der Waals surface area (Å²) < 4.78 is 10.7. The van der Waals surface area contributed by atoms with E-state index in [1.807, 2.05) is 38.1 Å². The number of anilines is 2. The molecule has 1 aliphatic heterocycles. The predicted molar refractivity (Wildman–Crippen MR) is 104 cm³/mol. The topological polar surface area (TPSA) is 79.8 Å². The van der Waals surface area contributed by atoms with Crippen LogP contribution in [0.1, 0.15) is 12.7 Å². The summed E-state index contributed by atoms with van der Waals surface area (Å²) in [6, 6.07) is 9.07. The Morgan fingerprint density at radius 2 is 1.96 bits per heavy atom. The van der Waals surface area contributed by atoms with Crippen molar-refractivity contribution < 1.29 is 14.3 Å². The number of carbonyl (C=O) groups excluding carboxylic acids is 1. The van der Waals surface area contributed by atoms with E-state index in [1.54, 1.807) is 18.1 Å². The van der Waals surface area contributed by atoms with Gasteiger partial charge in [0.05, 0.1) is 13.7 Å². The smallest absolute Gasteiger partial charge is 0.321 e. The van der Waals surface area contributed by atoms with E-state index in [9.17, 15) is 4.79 Å². The first-order valence-corrected chi connectivity index (χ1v) is 9.02. The highest BCUT2D eigenvalue weighted by atomic mass is 16.5. The summed E-state index contributed by atoms with van der Waals surface area (Å²) >= 11 is 0. The van der Waals surface area contributed by atoms with Gasteiger partial charge in [0.1, 0.15) is 17.4 Å². The van der Waals surface area contributed by atoms with Crippen molar-refractivity contribution in [3.63, 3.8) is 0 Å². The summed E-state index contributed by atoms with van der Waals surface area (Å²) in [4.78, 5) is 25.2. The molecule has 0 saturated carbocycles. The normalized spacial score (nSPS) is 14.0. The van der Waals surface area contributed by atoms with Crippen molar-refractivity contribution in [2.24, 2.45) is 0 Å². The van der Waals surface area contributed by atoms with Gasteiger partial charge in [-0.2, -0.15) is 4.98 Å². The van der Waals surface area contributed by atoms with Gasteiger partial charge in [0.2, 0.25) is 5.88 Å². The lowest BCUT2D eigenvalue weighted by molar-refractivity contribution is 0.208. The minimum atomic E-state index is -0.114. The highest BCUT2D eigenvalue weighted by Crippen LogP contribution is 2.20. The zero-order chi connectivity index (χ0) is 19.2. The van der Waals surface area contributed by atoms with E-state index in [4.69, 9.17) is 9.47 Å². The number of nitrogens with zero attached hydrogens (tertiary/aromatic N) is 4. The number of ether oxygens (including phenoxy) is 2. The van der Waals surface area contributed by atoms with E-state index in [-0.39, 0.29) is 6.03 Å². The number of hydrogen-bond donors (Lipinski definition) is 1. The summed E-state index contributed by atoms with van der Waals surface area (Å²) in [6.45, 7) is 6.97. The summed E-state index contributed by atoms with van der Waals surface area (Å²) in [6.07, 6.45) is 0. The Morgan fingerprint density at radius 3 is 2.67 bits per heavy atom. The number of aryl methyl sites for hydroxylation is 1. The molecular weight excluding hydrogens is 346 g/mol. The van der Waals surface area contributed by atoms with Crippen LogP contribution >= 0.6 is 0 Å². The van der Waals surface area contributed by atoms with E-state index in [2.05, 4.69) is 20.2 Å². The summed E-state index contributed by atoms with van der Waals surface area (Å²) in [5, 5.41) is 2.92. The molecule has 1 saturated heterocycles. The van der Waals surface area contributed by atoms with Crippen LogP contribution in [0.5, 0.6) is 11.6 Å². The summed E-state index contributed by atoms with van der Waals surface area (Å²) in [5.41, 5.74) is 0.717. The van der Waals surface area contributed by atoms with Crippen LogP contribution in [0.4, 0.5) is 16.3 Å². The van der Waals surface area contributed by atoms with Crippen LogP contribution in [0.25, 0.3) is 0 Å². The second-order valence-corrected chi connectivity index (χ2v) is 6.18. The maximum absolute atomic E-state index is 12.5. The Balaban J connectivity index is 1.59. The molecule has 8 nitrogen and oxygen atoms in total. The van der Waals surface area contributed by atoms with Crippen molar-refractivity contribution in [3.8, 4) is 11.6 Å². The Labute approximate surface area is 159 Å². The third kappa shape index (κ3) is 4.78. The zero-order valence-corrected chi connectivity index (χ0v) is 15.9. The molecule has 0 bridgehead atoms. The molecule has 2 amide bonds. The van der Waals surface area contributed by atoms with E-state index < -0.39 is 0 Å². The number of methoxy groups -OCH3 is 1. The van der Waals surface area contributed by atoms with Gasteiger partial charge in [0, 0.05) is 44.0 Å². The number of aromatic nitrogens is 2. The third-order valence-electron chi connectivity index (χ3n) is 4.31. The lowest BCUT2D eigenvalue weighted by Gasteiger charge is -2.35. The first kappa shape index (κ1) is 18.8. The largest absolute Gasteiger partial charge is 0.497 e. The van der Waals surface area contributed by atoms with Crippen molar-refractivity contribution in [2.75, 3.05) is 50.1 Å². The lowest BCUT2D eigenvalue weighted by atomic mass is 10.3. The van der Waals surface area contributed by atoms with Gasteiger partial charge in [-0.3, -0.25) is 0 Å². The van der Waals surface area contributed by atoms with Crippen molar-refractivity contribution in [1.29, 1.82) is 0 Å². The van der Waals surface area contributed by atoms with Crippen LogP contribution in [-0.4, -0.2) is 60.8 Å². The average Bonchev–Trinajstić information content (AvgIpc) is 2.68. The van der Waals surface area contributed by atoms with Gasteiger partial charge < -0.3 is 24.6 Å². The molecule has 1 aromatic heterocycles. The van der Waals surface area contributed by atoms with Crippen LogP contribution < -0.4 is 19.7 Å². The van der Waals surface area contributed by atoms with Gasteiger partial charge in [-0.1, -0.05) is 6.07 Å². The first-order valence-electron chi connectivity index (χ1n) is 9.02.